The van der Waals surface area contributed by atoms with Crippen molar-refractivity contribution < 1.29 is 4.52 Å². The van der Waals surface area contributed by atoms with Gasteiger partial charge in [-0.1, -0.05) is 23.7 Å². The van der Waals surface area contributed by atoms with Crippen molar-refractivity contribution >= 4 is 11.6 Å². The number of aryl methyl sites for hydroxylation is 2. The van der Waals surface area contributed by atoms with Crippen LogP contribution in [0.2, 0.25) is 5.15 Å². The molecule has 0 amide bonds. The maximum Gasteiger partial charge on any atom is 0.151 e. The van der Waals surface area contributed by atoms with Crippen molar-refractivity contribution in [1.82, 2.24) is 24.8 Å². The van der Waals surface area contributed by atoms with E-state index in [2.05, 4.69) is 27.1 Å². The first kappa shape index (κ1) is 16.7. The van der Waals surface area contributed by atoms with Crippen molar-refractivity contribution in [2.75, 3.05) is 7.05 Å². The molecule has 0 aliphatic carbocycles. The Labute approximate surface area is 146 Å². The van der Waals surface area contributed by atoms with E-state index >= 15 is 0 Å². The van der Waals surface area contributed by atoms with E-state index in [9.17, 15) is 0 Å². The van der Waals surface area contributed by atoms with Crippen molar-refractivity contribution in [2.45, 2.75) is 26.4 Å². The Balaban J connectivity index is 1.70. The molecule has 126 valence electrons. The summed E-state index contributed by atoms with van der Waals surface area (Å²) in [5, 5.41) is 9.27. The minimum atomic E-state index is 0.645. The normalized spacial score (nSPS) is 11.4. The first-order chi connectivity index (χ1) is 11.6. The van der Waals surface area contributed by atoms with Gasteiger partial charge in [0.2, 0.25) is 0 Å². The quantitative estimate of drug-likeness (QED) is 0.686. The highest BCUT2D eigenvalue weighted by Gasteiger charge is 2.16. The Morgan fingerprint density at radius 2 is 2.00 bits per heavy atom. The van der Waals surface area contributed by atoms with Gasteiger partial charge in [0.1, 0.15) is 10.8 Å². The third kappa shape index (κ3) is 3.49. The van der Waals surface area contributed by atoms with Crippen LogP contribution in [0.4, 0.5) is 0 Å². The monoisotopic (exact) mass is 345 g/mol. The molecular formula is C17H20ClN5O. The van der Waals surface area contributed by atoms with Crippen LogP contribution in [0.15, 0.2) is 35.1 Å². The zero-order valence-electron chi connectivity index (χ0n) is 14.0. The lowest BCUT2D eigenvalue weighted by molar-refractivity contribution is 0.266. The second-order valence-electron chi connectivity index (χ2n) is 5.78. The minimum Gasteiger partial charge on any atom is -0.359 e. The number of pyridine rings is 1. The second-order valence-corrected chi connectivity index (χ2v) is 6.14. The summed E-state index contributed by atoms with van der Waals surface area (Å²) in [4.78, 5) is 6.15. The van der Waals surface area contributed by atoms with Crippen LogP contribution in [0, 0.1) is 0 Å². The molecule has 0 aliphatic heterocycles. The number of halogens is 1. The van der Waals surface area contributed by atoms with Gasteiger partial charge in [-0.2, -0.15) is 5.10 Å². The predicted octanol–water partition coefficient (Wildman–Crippen LogP) is 3.32. The van der Waals surface area contributed by atoms with Gasteiger partial charge in [0.25, 0.3) is 0 Å². The highest BCUT2D eigenvalue weighted by atomic mass is 35.5. The van der Waals surface area contributed by atoms with E-state index in [1.807, 2.05) is 32.3 Å². The Morgan fingerprint density at radius 3 is 2.71 bits per heavy atom. The molecular weight excluding hydrogens is 326 g/mol. The van der Waals surface area contributed by atoms with Crippen LogP contribution in [-0.4, -0.2) is 31.9 Å². The molecule has 0 N–H and O–H groups in total. The Kier molecular flexibility index (Phi) is 4.97. The van der Waals surface area contributed by atoms with Crippen LogP contribution < -0.4 is 0 Å². The summed E-state index contributed by atoms with van der Waals surface area (Å²) in [6.45, 7) is 3.44. The van der Waals surface area contributed by atoms with Crippen LogP contribution >= 0.6 is 11.6 Å². The molecule has 24 heavy (non-hydrogen) atoms. The van der Waals surface area contributed by atoms with Gasteiger partial charge < -0.3 is 4.52 Å². The van der Waals surface area contributed by atoms with E-state index in [1.165, 1.54) is 0 Å². The van der Waals surface area contributed by atoms with E-state index in [-0.39, 0.29) is 0 Å². The van der Waals surface area contributed by atoms with Crippen molar-refractivity contribution in [3.8, 4) is 11.3 Å². The lowest BCUT2D eigenvalue weighted by Gasteiger charge is -2.14. The van der Waals surface area contributed by atoms with Gasteiger partial charge in [-0.25, -0.2) is 0 Å². The number of nitrogens with zero attached hydrogens (tertiary/aromatic N) is 5. The van der Waals surface area contributed by atoms with Crippen LogP contribution in [0.5, 0.6) is 0 Å². The van der Waals surface area contributed by atoms with Gasteiger partial charge in [0.05, 0.1) is 12.2 Å². The molecule has 0 aromatic carbocycles. The molecule has 7 heteroatoms. The summed E-state index contributed by atoms with van der Waals surface area (Å²) in [5.41, 5.74) is 3.91. The fourth-order valence-corrected chi connectivity index (χ4v) is 2.88. The summed E-state index contributed by atoms with van der Waals surface area (Å²) in [6, 6.07) is 5.78. The van der Waals surface area contributed by atoms with Gasteiger partial charge >= 0.3 is 0 Å². The number of aromatic nitrogens is 4. The zero-order valence-corrected chi connectivity index (χ0v) is 14.8. The van der Waals surface area contributed by atoms with Crippen LogP contribution in [0.3, 0.4) is 0 Å². The van der Waals surface area contributed by atoms with Gasteiger partial charge in [0.15, 0.2) is 5.76 Å². The van der Waals surface area contributed by atoms with Crippen molar-refractivity contribution in [1.29, 1.82) is 0 Å². The molecule has 6 nitrogen and oxygen atoms in total. The van der Waals surface area contributed by atoms with E-state index in [1.54, 1.807) is 17.1 Å². The van der Waals surface area contributed by atoms with E-state index in [0.717, 1.165) is 34.7 Å². The molecule has 0 spiro atoms. The van der Waals surface area contributed by atoms with Crippen molar-refractivity contribution in [3.63, 3.8) is 0 Å². The lowest BCUT2D eigenvalue weighted by Crippen LogP contribution is -2.17. The second kappa shape index (κ2) is 7.15. The molecule has 0 aliphatic rings. The van der Waals surface area contributed by atoms with E-state index in [0.29, 0.717) is 18.2 Å². The standard InChI is InChI=1S/C17H20ClN5O/c1-4-15-14(17(18)23(3)20-15)11-22(2)10-13-9-16(21-24-13)12-5-7-19-8-6-12/h5-9H,4,10-11H2,1-3H3. The molecule has 3 aromatic heterocycles. The highest BCUT2D eigenvalue weighted by Crippen LogP contribution is 2.23. The molecule has 0 unspecified atom stereocenters. The smallest absolute Gasteiger partial charge is 0.151 e. The molecule has 0 radical (unpaired) electrons. The van der Waals surface area contributed by atoms with Gasteiger partial charge in [0, 0.05) is 43.2 Å². The number of hydrogen-bond donors (Lipinski definition) is 0. The lowest BCUT2D eigenvalue weighted by atomic mass is 10.2. The largest absolute Gasteiger partial charge is 0.359 e. The average molecular weight is 346 g/mol. The fourth-order valence-electron chi connectivity index (χ4n) is 2.68. The van der Waals surface area contributed by atoms with Crippen LogP contribution in [0.25, 0.3) is 11.3 Å². The van der Waals surface area contributed by atoms with E-state index in [4.69, 9.17) is 16.1 Å². The number of hydrogen-bond acceptors (Lipinski definition) is 5. The predicted molar refractivity (Wildman–Crippen MR) is 92.5 cm³/mol. The fraction of sp³-hybridized carbons (Fsp3) is 0.353. The SMILES string of the molecule is CCc1nn(C)c(Cl)c1CN(C)Cc1cc(-c2ccncc2)no1. The molecule has 3 heterocycles. The molecule has 0 fully saturated rings. The third-order valence-corrected chi connectivity index (χ3v) is 4.35. The van der Waals surface area contributed by atoms with Gasteiger partial charge in [-0.15, -0.1) is 0 Å². The average Bonchev–Trinajstić information content (AvgIpc) is 3.15. The maximum atomic E-state index is 6.36. The summed E-state index contributed by atoms with van der Waals surface area (Å²) in [5.74, 6) is 0.808. The maximum absolute atomic E-state index is 6.36. The van der Waals surface area contributed by atoms with Crippen molar-refractivity contribution in [2.24, 2.45) is 7.05 Å². The Hall–Kier alpha value is -2.18. The third-order valence-electron chi connectivity index (χ3n) is 3.88. The van der Waals surface area contributed by atoms with Crippen molar-refractivity contribution in [3.05, 3.63) is 52.8 Å². The van der Waals surface area contributed by atoms with Crippen LogP contribution in [-0.2, 0) is 26.6 Å². The first-order valence-electron chi connectivity index (χ1n) is 7.83. The molecule has 3 aromatic rings. The number of rotatable bonds is 6. The first-order valence-corrected chi connectivity index (χ1v) is 8.21. The molecule has 0 atom stereocenters. The topological polar surface area (TPSA) is 60.0 Å². The van der Waals surface area contributed by atoms with Gasteiger partial charge in [-0.3, -0.25) is 14.6 Å². The Morgan fingerprint density at radius 1 is 1.25 bits per heavy atom. The highest BCUT2D eigenvalue weighted by molar-refractivity contribution is 6.30. The Bertz CT molecular complexity index is 812. The summed E-state index contributed by atoms with van der Waals surface area (Å²) >= 11 is 6.36. The minimum absolute atomic E-state index is 0.645. The van der Waals surface area contributed by atoms with Gasteiger partial charge in [-0.05, 0) is 25.6 Å². The molecule has 0 bridgehead atoms. The zero-order chi connectivity index (χ0) is 17.1. The van der Waals surface area contributed by atoms with E-state index < -0.39 is 0 Å². The summed E-state index contributed by atoms with van der Waals surface area (Å²) in [6.07, 6.45) is 4.34. The molecule has 0 saturated heterocycles. The van der Waals surface area contributed by atoms with Crippen LogP contribution in [0.1, 0.15) is 23.9 Å². The molecule has 0 saturated carbocycles. The summed E-state index contributed by atoms with van der Waals surface area (Å²) < 4.78 is 7.18. The summed E-state index contributed by atoms with van der Waals surface area (Å²) in [7, 11) is 3.89. The molecule has 3 rings (SSSR count).